The van der Waals surface area contributed by atoms with Crippen LogP contribution in [0.1, 0.15) is 6.92 Å². The fourth-order valence-corrected chi connectivity index (χ4v) is 2.78. The van der Waals surface area contributed by atoms with Crippen LogP contribution in [-0.2, 0) is 11.8 Å². The molecule has 1 amide bonds. The zero-order valence-electron chi connectivity index (χ0n) is 14.3. The zero-order valence-corrected chi connectivity index (χ0v) is 15.2. The number of rotatable bonds is 7. The second-order valence-corrected chi connectivity index (χ2v) is 6.23. The highest BCUT2D eigenvalue weighted by Gasteiger charge is 2.25. The third kappa shape index (κ3) is 4.99. The zero-order chi connectivity index (χ0) is 18.2. The van der Waals surface area contributed by atoms with Gasteiger partial charge in [0.15, 0.2) is 11.0 Å². The number of carbonyl (C=O) groups excluding carboxylic acids is 1. The fraction of sp³-hybridized carbons (Fsp3) is 0.294. The minimum absolute atomic E-state index is 0.331. The molecule has 0 spiro atoms. The fourth-order valence-electron chi connectivity index (χ4n) is 1.98. The molecule has 2 heterocycles. The Balaban J connectivity index is 2.02. The average Bonchev–Trinajstić information content (AvgIpc) is 2.99. The highest BCUT2D eigenvalue weighted by atomic mass is 32.2. The molecule has 0 N–H and O–H groups in total. The Hall–Kier alpha value is -2.48. The van der Waals surface area contributed by atoms with E-state index in [1.54, 1.807) is 43.2 Å². The number of hydrogen-bond acceptors (Lipinski definition) is 5. The number of halogens is 1. The lowest BCUT2D eigenvalue weighted by molar-refractivity contribution is -0.131. The number of thioether (sulfide) groups is 1. The van der Waals surface area contributed by atoms with Crippen molar-refractivity contribution >= 4 is 17.7 Å². The summed E-state index contributed by atoms with van der Waals surface area (Å²) in [6.07, 6.45) is 10.6. The lowest BCUT2D eigenvalue weighted by Crippen LogP contribution is -2.32. The van der Waals surface area contributed by atoms with Crippen LogP contribution in [0.15, 0.2) is 54.0 Å². The second kappa shape index (κ2) is 9.12. The molecule has 0 aliphatic heterocycles. The molecule has 1 unspecified atom stereocenters. The van der Waals surface area contributed by atoms with Crippen LogP contribution in [0.5, 0.6) is 0 Å². The van der Waals surface area contributed by atoms with Gasteiger partial charge in [-0.25, -0.2) is 4.39 Å². The quantitative estimate of drug-likeness (QED) is 0.560. The minimum Gasteiger partial charge on any atom is -0.339 e. The van der Waals surface area contributed by atoms with E-state index in [-0.39, 0.29) is 0 Å². The standard InChI is InChI=1S/C17H20FN5OS/c1-4-5-6-7-11-22(2)16(24)14(18)25-17-21-20-15(23(17)3)13-9-8-10-19-12-13/h4-10,12,14H,11H2,1-3H3/b5-4-,7-6-. The summed E-state index contributed by atoms with van der Waals surface area (Å²) in [6.45, 7) is 2.23. The molecule has 0 aliphatic carbocycles. The van der Waals surface area contributed by atoms with Crippen molar-refractivity contribution in [3.8, 4) is 11.4 Å². The Bertz CT molecular complexity index is 760. The van der Waals surface area contributed by atoms with Gasteiger partial charge in [-0.15, -0.1) is 10.2 Å². The minimum atomic E-state index is -1.75. The van der Waals surface area contributed by atoms with Crippen LogP contribution in [0.25, 0.3) is 11.4 Å². The molecule has 132 valence electrons. The van der Waals surface area contributed by atoms with Gasteiger partial charge in [0.1, 0.15) is 0 Å². The van der Waals surface area contributed by atoms with E-state index in [1.165, 1.54) is 4.90 Å². The number of likely N-dealkylation sites (N-methyl/N-ethyl adjacent to an activating group) is 1. The molecule has 0 fully saturated rings. The van der Waals surface area contributed by atoms with Crippen molar-refractivity contribution in [3.63, 3.8) is 0 Å². The number of nitrogens with zero attached hydrogens (tertiary/aromatic N) is 5. The van der Waals surface area contributed by atoms with Crippen LogP contribution >= 0.6 is 11.8 Å². The molecule has 6 nitrogen and oxygen atoms in total. The summed E-state index contributed by atoms with van der Waals surface area (Å²) >= 11 is 0.739. The van der Waals surface area contributed by atoms with E-state index in [4.69, 9.17) is 0 Å². The van der Waals surface area contributed by atoms with Gasteiger partial charge in [0.2, 0.25) is 5.50 Å². The van der Waals surface area contributed by atoms with Crippen LogP contribution in [-0.4, -0.2) is 49.7 Å². The van der Waals surface area contributed by atoms with E-state index in [0.29, 0.717) is 17.5 Å². The van der Waals surface area contributed by atoms with Crippen LogP contribution < -0.4 is 0 Å². The first-order chi connectivity index (χ1) is 12.0. The number of amides is 1. The Morgan fingerprint density at radius 2 is 2.24 bits per heavy atom. The highest BCUT2D eigenvalue weighted by Crippen LogP contribution is 2.26. The summed E-state index contributed by atoms with van der Waals surface area (Å²) in [7, 11) is 3.29. The maximum atomic E-state index is 14.3. The van der Waals surface area contributed by atoms with Crippen molar-refractivity contribution in [1.29, 1.82) is 0 Å². The summed E-state index contributed by atoms with van der Waals surface area (Å²) < 4.78 is 16.0. The maximum absolute atomic E-state index is 14.3. The van der Waals surface area contributed by atoms with Gasteiger partial charge in [-0.3, -0.25) is 9.78 Å². The van der Waals surface area contributed by atoms with Crippen molar-refractivity contribution < 1.29 is 9.18 Å². The molecule has 0 saturated heterocycles. The molecule has 2 aromatic heterocycles. The predicted octanol–water partition coefficient (Wildman–Crippen LogP) is 2.86. The molecule has 0 aliphatic rings. The van der Waals surface area contributed by atoms with Crippen molar-refractivity contribution in [2.75, 3.05) is 13.6 Å². The number of aromatic nitrogens is 4. The summed E-state index contributed by atoms with van der Waals surface area (Å²) in [5.74, 6) is -0.0426. The van der Waals surface area contributed by atoms with Gasteiger partial charge in [0.05, 0.1) is 0 Å². The molecular formula is C17H20FN5OS. The molecule has 0 saturated carbocycles. The van der Waals surface area contributed by atoms with Crippen LogP contribution in [0.4, 0.5) is 4.39 Å². The second-order valence-electron chi connectivity index (χ2n) is 5.21. The smallest absolute Gasteiger partial charge is 0.268 e. The molecule has 1 atom stereocenters. The molecule has 2 rings (SSSR count). The van der Waals surface area contributed by atoms with Crippen LogP contribution in [0.3, 0.4) is 0 Å². The molecule has 8 heteroatoms. The average molecular weight is 361 g/mol. The number of hydrogen-bond donors (Lipinski definition) is 0. The first-order valence-electron chi connectivity index (χ1n) is 7.68. The van der Waals surface area contributed by atoms with E-state index < -0.39 is 11.4 Å². The number of carbonyl (C=O) groups is 1. The number of alkyl halides is 1. The molecular weight excluding hydrogens is 341 g/mol. The van der Waals surface area contributed by atoms with Gasteiger partial charge < -0.3 is 9.47 Å². The van der Waals surface area contributed by atoms with Crippen LogP contribution in [0.2, 0.25) is 0 Å². The third-order valence-electron chi connectivity index (χ3n) is 3.35. The summed E-state index contributed by atoms with van der Waals surface area (Å²) in [6, 6.07) is 3.63. The first-order valence-corrected chi connectivity index (χ1v) is 8.56. The SMILES string of the molecule is C/C=C\C=C/CN(C)C(=O)C(F)Sc1nnc(-c2cccnc2)n1C. The van der Waals surface area contributed by atoms with E-state index >= 15 is 0 Å². The van der Waals surface area contributed by atoms with E-state index in [2.05, 4.69) is 15.2 Å². The van der Waals surface area contributed by atoms with Crippen molar-refractivity contribution in [2.24, 2.45) is 7.05 Å². The van der Waals surface area contributed by atoms with Gasteiger partial charge in [0, 0.05) is 38.6 Å². The lowest BCUT2D eigenvalue weighted by Gasteiger charge is -2.17. The van der Waals surface area contributed by atoms with Gasteiger partial charge in [-0.2, -0.15) is 0 Å². The topological polar surface area (TPSA) is 63.9 Å². The number of pyridine rings is 1. The first kappa shape index (κ1) is 18.9. The van der Waals surface area contributed by atoms with E-state index in [9.17, 15) is 9.18 Å². The maximum Gasteiger partial charge on any atom is 0.268 e. The third-order valence-corrected chi connectivity index (χ3v) is 4.33. The van der Waals surface area contributed by atoms with Gasteiger partial charge in [-0.05, 0) is 30.8 Å². The highest BCUT2D eigenvalue weighted by molar-refractivity contribution is 8.00. The Kier molecular flexibility index (Phi) is 6.88. The molecule has 0 radical (unpaired) electrons. The molecule has 0 bridgehead atoms. The molecule has 2 aromatic rings. The number of allylic oxidation sites excluding steroid dienone is 3. The molecule has 25 heavy (non-hydrogen) atoms. The molecule has 0 aromatic carbocycles. The summed E-state index contributed by atoms with van der Waals surface area (Å²) in [5, 5.41) is 8.36. The van der Waals surface area contributed by atoms with Crippen molar-refractivity contribution in [3.05, 3.63) is 48.8 Å². The summed E-state index contributed by atoms with van der Waals surface area (Å²) in [5.41, 5.74) is -0.970. The van der Waals surface area contributed by atoms with Crippen molar-refractivity contribution in [1.82, 2.24) is 24.6 Å². The summed E-state index contributed by atoms with van der Waals surface area (Å²) in [4.78, 5) is 17.5. The van der Waals surface area contributed by atoms with Crippen LogP contribution in [0, 0.1) is 0 Å². The van der Waals surface area contributed by atoms with E-state index in [1.807, 2.05) is 31.2 Å². The van der Waals surface area contributed by atoms with Gasteiger partial charge in [0.25, 0.3) is 5.91 Å². The Morgan fingerprint density at radius 1 is 1.44 bits per heavy atom. The largest absolute Gasteiger partial charge is 0.339 e. The lowest BCUT2D eigenvalue weighted by atomic mass is 10.3. The predicted molar refractivity (Wildman–Crippen MR) is 96.6 cm³/mol. The monoisotopic (exact) mass is 361 g/mol. The van der Waals surface area contributed by atoms with Crippen molar-refractivity contribution in [2.45, 2.75) is 17.6 Å². The normalized spacial score (nSPS) is 12.8. The van der Waals surface area contributed by atoms with E-state index in [0.717, 1.165) is 17.3 Å². The Morgan fingerprint density at radius 3 is 2.92 bits per heavy atom. The van der Waals surface area contributed by atoms with Gasteiger partial charge >= 0.3 is 0 Å². The van der Waals surface area contributed by atoms with Gasteiger partial charge in [-0.1, -0.05) is 24.3 Å². The Labute approximate surface area is 150 Å².